The van der Waals surface area contributed by atoms with Crippen molar-refractivity contribution in [3.63, 3.8) is 0 Å². The molecule has 0 unspecified atom stereocenters. The van der Waals surface area contributed by atoms with E-state index in [2.05, 4.69) is 9.47 Å². The SMILES string of the molecule is O=C(CCC(=O)Oc1cc(F)ccc1[N+](=O)[O-])OCCCl. The molecular formula is C12H11ClFNO6. The molecule has 0 atom stereocenters. The quantitative estimate of drug-likeness (QED) is 0.251. The van der Waals surface area contributed by atoms with Crippen LogP contribution in [0.2, 0.25) is 0 Å². The Bertz CT molecular complexity index is 551. The summed E-state index contributed by atoms with van der Waals surface area (Å²) >= 11 is 5.31. The van der Waals surface area contributed by atoms with Crippen molar-refractivity contribution in [2.45, 2.75) is 12.8 Å². The number of nitro benzene ring substituents is 1. The molecule has 0 aromatic heterocycles. The largest absolute Gasteiger partial charge is 0.464 e. The van der Waals surface area contributed by atoms with Crippen LogP contribution in [0.3, 0.4) is 0 Å². The van der Waals surface area contributed by atoms with Gasteiger partial charge in [0.15, 0.2) is 0 Å². The van der Waals surface area contributed by atoms with E-state index in [1.807, 2.05) is 0 Å². The molecule has 0 N–H and O–H groups in total. The third-order valence-corrected chi connectivity index (χ3v) is 2.37. The van der Waals surface area contributed by atoms with E-state index in [4.69, 9.17) is 11.6 Å². The monoisotopic (exact) mass is 319 g/mol. The Morgan fingerprint density at radius 3 is 2.57 bits per heavy atom. The minimum atomic E-state index is -0.911. The second kappa shape index (κ2) is 8.15. The summed E-state index contributed by atoms with van der Waals surface area (Å²) in [5, 5.41) is 10.7. The maximum absolute atomic E-state index is 13.0. The average Bonchev–Trinajstić information content (AvgIpc) is 2.42. The molecule has 0 saturated carbocycles. The number of rotatable bonds is 7. The first-order valence-electron chi connectivity index (χ1n) is 5.80. The summed E-state index contributed by atoms with van der Waals surface area (Å²) in [4.78, 5) is 32.5. The van der Waals surface area contributed by atoms with Crippen molar-refractivity contribution in [3.05, 3.63) is 34.1 Å². The minimum absolute atomic E-state index is 0.0187. The first kappa shape index (κ1) is 16.8. The van der Waals surface area contributed by atoms with Crippen LogP contribution >= 0.6 is 11.6 Å². The molecule has 0 saturated heterocycles. The van der Waals surface area contributed by atoms with Crippen molar-refractivity contribution in [3.8, 4) is 5.75 Å². The molecule has 0 heterocycles. The van der Waals surface area contributed by atoms with E-state index >= 15 is 0 Å². The molecule has 0 fully saturated rings. The van der Waals surface area contributed by atoms with Crippen molar-refractivity contribution in [2.24, 2.45) is 0 Å². The lowest BCUT2D eigenvalue weighted by atomic mass is 10.3. The number of nitro groups is 1. The third kappa shape index (κ3) is 5.74. The zero-order chi connectivity index (χ0) is 15.8. The van der Waals surface area contributed by atoms with Gasteiger partial charge in [0.25, 0.3) is 0 Å². The number of carbonyl (C=O) groups excluding carboxylic acids is 2. The molecule has 21 heavy (non-hydrogen) atoms. The number of nitrogens with zero attached hydrogens (tertiary/aromatic N) is 1. The molecule has 1 aromatic carbocycles. The Kier molecular flexibility index (Phi) is 6.54. The Labute approximate surface area is 123 Å². The van der Waals surface area contributed by atoms with Crippen LogP contribution in [-0.2, 0) is 14.3 Å². The van der Waals surface area contributed by atoms with E-state index in [-0.39, 0.29) is 25.3 Å². The highest BCUT2D eigenvalue weighted by molar-refractivity contribution is 6.18. The fourth-order valence-corrected chi connectivity index (χ4v) is 1.40. The number of esters is 2. The van der Waals surface area contributed by atoms with Crippen LogP contribution in [0.4, 0.5) is 10.1 Å². The lowest BCUT2D eigenvalue weighted by molar-refractivity contribution is -0.385. The fourth-order valence-electron chi connectivity index (χ4n) is 1.32. The Morgan fingerprint density at radius 2 is 1.95 bits per heavy atom. The molecule has 0 aliphatic heterocycles. The third-order valence-electron chi connectivity index (χ3n) is 2.22. The van der Waals surface area contributed by atoms with Crippen molar-refractivity contribution >= 4 is 29.2 Å². The molecule has 1 rings (SSSR count). The van der Waals surface area contributed by atoms with E-state index in [1.54, 1.807) is 0 Å². The van der Waals surface area contributed by atoms with Gasteiger partial charge >= 0.3 is 17.6 Å². The van der Waals surface area contributed by atoms with Crippen LogP contribution in [-0.4, -0.2) is 29.3 Å². The Morgan fingerprint density at radius 1 is 1.29 bits per heavy atom. The highest BCUT2D eigenvalue weighted by Gasteiger charge is 2.19. The number of alkyl halides is 1. The fraction of sp³-hybridized carbons (Fsp3) is 0.333. The number of ether oxygens (including phenoxy) is 2. The highest BCUT2D eigenvalue weighted by Crippen LogP contribution is 2.27. The minimum Gasteiger partial charge on any atom is -0.464 e. The van der Waals surface area contributed by atoms with E-state index in [0.29, 0.717) is 0 Å². The molecule has 1 aromatic rings. The molecule has 7 nitrogen and oxygen atoms in total. The van der Waals surface area contributed by atoms with Crippen molar-refractivity contribution in [1.29, 1.82) is 0 Å². The summed E-state index contributed by atoms with van der Waals surface area (Å²) < 4.78 is 22.3. The topological polar surface area (TPSA) is 95.7 Å². The van der Waals surface area contributed by atoms with Crippen LogP contribution in [0.15, 0.2) is 18.2 Å². The van der Waals surface area contributed by atoms with Gasteiger partial charge in [-0.15, -0.1) is 11.6 Å². The Hall–Kier alpha value is -2.22. The first-order valence-corrected chi connectivity index (χ1v) is 6.33. The summed E-state index contributed by atoms with van der Waals surface area (Å²) in [6.07, 6.45) is -0.617. The number of benzene rings is 1. The van der Waals surface area contributed by atoms with Crippen LogP contribution in [0, 0.1) is 15.9 Å². The van der Waals surface area contributed by atoms with Gasteiger partial charge in [-0.25, -0.2) is 4.39 Å². The normalized spacial score (nSPS) is 10.0. The number of halogens is 2. The molecular weight excluding hydrogens is 309 g/mol. The molecule has 0 bridgehead atoms. The van der Waals surface area contributed by atoms with E-state index in [1.165, 1.54) is 0 Å². The van der Waals surface area contributed by atoms with Crippen LogP contribution < -0.4 is 4.74 Å². The van der Waals surface area contributed by atoms with Crippen molar-refractivity contribution in [1.82, 2.24) is 0 Å². The first-order chi connectivity index (χ1) is 9.93. The van der Waals surface area contributed by atoms with E-state index < -0.39 is 34.1 Å². The van der Waals surface area contributed by atoms with Gasteiger partial charge in [0.2, 0.25) is 5.75 Å². The van der Waals surface area contributed by atoms with Gasteiger partial charge in [0.1, 0.15) is 12.4 Å². The van der Waals surface area contributed by atoms with Gasteiger partial charge in [0.05, 0.1) is 23.6 Å². The molecule has 0 amide bonds. The number of hydrogen-bond donors (Lipinski definition) is 0. The zero-order valence-corrected chi connectivity index (χ0v) is 11.5. The molecule has 0 aliphatic rings. The summed E-state index contributed by atoms with van der Waals surface area (Å²) in [6, 6.07) is 2.48. The predicted molar refractivity (Wildman–Crippen MR) is 69.6 cm³/mol. The van der Waals surface area contributed by atoms with Crippen LogP contribution in [0.5, 0.6) is 5.75 Å². The van der Waals surface area contributed by atoms with Gasteiger partial charge in [-0.2, -0.15) is 0 Å². The molecule has 9 heteroatoms. The van der Waals surface area contributed by atoms with Gasteiger partial charge < -0.3 is 9.47 Å². The van der Waals surface area contributed by atoms with Gasteiger partial charge in [-0.1, -0.05) is 0 Å². The molecule has 0 aliphatic carbocycles. The number of carbonyl (C=O) groups is 2. The van der Waals surface area contributed by atoms with Gasteiger partial charge in [-0.05, 0) is 6.07 Å². The molecule has 0 spiro atoms. The van der Waals surface area contributed by atoms with E-state index in [0.717, 1.165) is 18.2 Å². The zero-order valence-electron chi connectivity index (χ0n) is 10.7. The van der Waals surface area contributed by atoms with Gasteiger partial charge in [0, 0.05) is 12.1 Å². The summed E-state index contributed by atoms with van der Waals surface area (Å²) in [5.41, 5.74) is -0.547. The smallest absolute Gasteiger partial charge is 0.312 e. The van der Waals surface area contributed by atoms with Crippen LogP contribution in [0.25, 0.3) is 0 Å². The van der Waals surface area contributed by atoms with Crippen LogP contribution in [0.1, 0.15) is 12.8 Å². The summed E-state index contributed by atoms with van der Waals surface area (Å²) in [5.74, 6) is -2.73. The summed E-state index contributed by atoms with van der Waals surface area (Å²) in [6.45, 7) is 0.0187. The number of hydrogen-bond acceptors (Lipinski definition) is 6. The standard InChI is InChI=1S/C12H11ClFNO6/c13-5-6-20-11(16)3-4-12(17)21-10-7-8(14)1-2-9(10)15(18)19/h1-2,7H,3-6H2. The average molecular weight is 320 g/mol. The maximum atomic E-state index is 13.0. The lowest BCUT2D eigenvalue weighted by Crippen LogP contribution is -2.13. The Balaban J connectivity index is 2.60. The molecule has 0 radical (unpaired) electrons. The van der Waals surface area contributed by atoms with Crippen molar-refractivity contribution < 1.29 is 28.4 Å². The predicted octanol–water partition coefficient (Wildman–Crippen LogP) is 2.20. The second-order valence-electron chi connectivity index (χ2n) is 3.75. The molecule has 114 valence electrons. The lowest BCUT2D eigenvalue weighted by Gasteiger charge is -2.05. The van der Waals surface area contributed by atoms with E-state index in [9.17, 15) is 24.1 Å². The van der Waals surface area contributed by atoms with Crippen molar-refractivity contribution in [2.75, 3.05) is 12.5 Å². The maximum Gasteiger partial charge on any atom is 0.312 e. The second-order valence-corrected chi connectivity index (χ2v) is 4.13. The highest BCUT2D eigenvalue weighted by atomic mass is 35.5. The summed E-state index contributed by atoms with van der Waals surface area (Å²) in [7, 11) is 0. The van der Waals surface area contributed by atoms with Gasteiger partial charge in [-0.3, -0.25) is 19.7 Å².